The van der Waals surface area contributed by atoms with Crippen LogP contribution < -0.4 is 0 Å². The average Bonchev–Trinajstić information content (AvgIpc) is 3.35. The predicted molar refractivity (Wildman–Crippen MR) is 116 cm³/mol. The van der Waals surface area contributed by atoms with Crippen LogP contribution >= 0.6 is 0 Å². The second kappa shape index (κ2) is 6.35. The van der Waals surface area contributed by atoms with Crippen LogP contribution in [0.2, 0.25) is 0 Å². The van der Waals surface area contributed by atoms with E-state index in [0.717, 1.165) is 25.0 Å². The lowest BCUT2D eigenvalue weighted by Gasteiger charge is -2.61. The second-order valence-corrected chi connectivity index (χ2v) is 11.0. The smallest absolute Gasteiger partial charge is 0.410 e. The predicted octanol–water partition coefficient (Wildman–Crippen LogP) is 4.10. The van der Waals surface area contributed by atoms with Gasteiger partial charge in [0.05, 0.1) is 30.4 Å². The third kappa shape index (κ3) is 2.60. The highest BCUT2D eigenvalue weighted by Gasteiger charge is 2.67. The zero-order valence-corrected chi connectivity index (χ0v) is 18.5. The molecule has 2 aliphatic carbocycles. The van der Waals surface area contributed by atoms with Crippen molar-refractivity contribution in [1.82, 2.24) is 14.5 Å². The standard InChI is InChI=1S/C25H31N3O3/c1-24(2,3)31-23(30)27-12-15-8-9-16(13-27)25(15)10-19(22(25)29)21-18-7-5-4-6-17(18)20-11-26-14-28(20)21/h4-7,11,14-16,19,21-22,29H,8-10,12-13H2,1-3H3/t15?,16?,19-,21-,22-,25?/m1/s1. The first-order valence-corrected chi connectivity index (χ1v) is 11.6. The molecule has 5 atom stereocenters. The van der Waals surface area contributed by atoms with Crippen molar-refractivity contribution in [3.8, 4) is 11.3 Å². The van der Waals surface area contributed by atoms with Crippen LogP contribution in [0.15, 0.2) is 36.8 Å². The monoisotopic (exact) mass is 421 g/mol. The van der Waals surface area contributed by atoms with Gasteiger partial charge in [0.15, 0.2) is 0 Å². The number of nitrogens with zero attached hydrogens (tertiary/aromatic N) is 3. The second-order valence-electron chi connectivity index (χ2n) is 11.0. The van der Waals surface area contributed by atoms with Gasteiger partial charge in [-0.2, -0.15) is 0 Å². The molecule has 1 saturated heterocycles. The molecule has 164 valence electrons. The van der Waals surface area contributed by atoms with Gasteiger partial charge in [0.25, 0.3) is 0 Å². The molecule has 0 radical (unpaired) electrons. The van der Waals surface area contributed by atoms with Crippen LogP contribution in [0, 0.1) is 23.2 Å². The molecule has 4 aliphatic rings. The van der Waals surface area contributed by atoms with E-state index >= 15 is 0 Å². The number of aromatic nitrogens is 2. The van der Waals surface area contributed by atoms with E-state index in [0.29, 0.717) is 24.9 Å². The molecule has 2 bridgehead atoms. The van der Waals surface area contributed by atoms with E-state index < -0.39 is 5.60 Å². The number of amides is 1. The van der Waals surface area contributed by atoms with Crippen molar-refractivity contribution in [3.63, 3.8) is 0 Å². The van der Waals surface area contributed by atoms with Gasteiger partial charge in [-0.15, -0.1) is 0 Å². The number of hydrogen-bond donors (Lipinski definition) is 1. The largest absolute Gasteiger partial charge is 0.444 e. The first-order valence-electron chi connectivity index (χ1n) is 11.6. The minimum absolute atomic E-state index is 0.0541. The average molecular weight is 422 g/mol. The van der Waals surface area contributed by atoms with Crippen molar-refractivity contribution in [3.05, 3.63) is 42.4 Å². The summed E-state index contributed by atoms with van der Waals surface area (Å²) >= 11 is 0. The van der Waals surface area contributed by atoms with E-state index in [1.165, 1.54) is 11.1 Å². The van der Waals surface area contributed by atoms with Crippen LogP contribution in [0.3, 0.4) is 0 Å². The van der Waals surface area contributed by atoms with Crippen molar-refractivity contribution in [1.29, 1.82) is 0 Å². The Labute approximate surface area is 183 Å². The maximum Gasteiger partial charge on any atom is 0.410 e. The van der Waals surface area contributed by atoms with E-state index in [2.05, 4.69) is 33.8 Å². The zero-order chi connectivity index (χ0) is 21.5. The highest BCUT2D eigenvalue weighted by Crippen LogP contribution is 2.67. The van der Waals surface area contributed by atoms with Gasteiger partial charge >= 0.3 is 6.09 Å². The number of piperidine rings is 1. The fraction of sp³-hybridized carbons (Fsp3) is 0.600. The Hall–Kier alpha value is -2.34. The SMILES string of the molecule is CC(C)(C)OC(=O)N1CC2CCC(C1)C21C[C@H]([C@H]2c3ccccc3-c3cncn32)[C@H]1O. The molecule has 1 spiro atoms. The van der Waals surface area contributed by atoms with Gasteiger partial charge in [0, 0.05) is 30.0 Å². The minimum atomic E-state index is -0.481. The van der Waals surface area contributed by atoms with Gasteiger partial charge in [0.2, 0.25) is 0 Å². The first kappa shape index (κ1) is 19.4. The van der Waals surface area contributed by atoms with Gasteiger partial charge in [0.1, 0.15) is 5.60 Å². The summed E-state index contributed by atoms with van der Waals surface area (Å²) in [7, 11) is 0. The Morgan fingerprint density at radius 2 is 1.90 bits per heavy atom. The lowest BCUT2D eigenvalue weighted by atomic mass is 9.48. The quantitative estimate of drug-likeness (QED) is 0.753. The first-order chi connectivity index (χ1) is 14.8. The number of aliphatic hydroxyl groups excluding tert-OH is 1. The van der Waals surface area contributed by atoms with E-state index in [9.17, 15) is 9.90 Å². The van der Waals surface area contributed by atoms with Crippen LogP contribution in [-0.4, -0.2) is 50.4 Å². The van der Waals surface area contributed by atoms with Crippen LogP contribution in [-0.2, 0) is 4.74 Å². The molecule has 1 aromatic carbocycles. The lowest BCUT2D eigenvalue weighted by molar-refractivity contribution is -0.194. The van der Waals surface area contributed by atoms with Gasteiger partial charge in [-0.25, -0.2) is 9.78 Å². The molecule has 1 amide bonds. The molecule has 2 saturated carbocycles. The Bertz CT molecular complexity index is 1020. The summed E-state index contributed by atoms with van der Waals surface area (Å²) in [5.74, 6) is 0.889. The Morgan fingerprint density at radius 3 is 2.58 bits per heavy atom. The summed E-state index contributed by atoms with van der Waals surface area (Å²) in [6.45, 7) is 7.14. The number of carbonyl (C=O) groups is 1. The summed E-state index contributed by atoms with van der Waals surface area (Å²) in [6.07, 6.45) is 6.48. The molecule has 1 N–H and O–H groups in total. The molecule has 1 aromatic heterocycles. The Kier molecular flexibility index (Phi) is 3.96. The molecule has 6 heteroatoms. The van der Waals surface area contributed by atoms with Crippen LogP contribution in [0.4, 0.5) is 4.79 Å². The van der Waals surface area contributed by atoms with E-state index in [1.54, 1.807) is 0 Å². The number of aliphatic hydroxyl groups is 1. The molecule has 2 unspecified atom stereocenters. The number of rotatable bonds is 1. The maximum atomic E-state index is 12.7. The highest BCUT2D eigenvalue weighted by molar-refractivity contribution is 5.70. The summed E-state index contributed by atoms with van der Waals surface area (Å²) in [4.78, 5) is 19.0. The van der Waals surface area contributed by atoms with Crippen molar-refractivity contribution in [2.24, 2.45) is 23.2 Å². The fourth-order valence-corrected chi connectivity index (χ4v) is 7.17. The molecule has 2 aromatic rings. The molecule has 2 aliphatic heterocycles. The van der Waals surface area contributed by atoms with Crippen LogP contribution in [0.25, 0.3) is 11.3 Å². The molecule has 31 heavy (non-hydrogen) atoms. The summed E-state index contributed by atoms with van der Waals surface area (Å²) in [5.41, 5.74) is 3.15. The van der Waals surface area contributed by atoms with E-state index in [1.807, 2.05) is 38.2 Å². The number of ether oxygens (including phenoxy) is 1. The number of imidazole rings is 1. The molecule has 3 heterocycles. The summed E-state index contributed by atoms with van der Waals surface area (Å²) in [6, 6.07) is 8.67. The third-order valence-electron chi connectivity index (χ3n) is 8.39. The zero-order valence-electron chi connectivity index (χ0n) is 18.5. The number of hydrogen-bond acceptors (Lipinski definition) is 4. The van der Waals surface area contributed by atoms with E-state index in [-0.39, 0.29) is 29.6 Å². The molecular formula is C25H31N3O3. The van der Waals surface area contributed by atoms with E-state index in [4.69, 9.17) is 4.74 Å². The molecule has 3 fully saturated rings. The fourth-order valence-electron chi connectivity index (χ4n) is 7.17. The number of likely N-dealkylation sites (tertiary alicyclic amines) is 1. The van der Waals surface area contributed by atoms with Crippen molar-refractivity contribution in [2.75, 3.05) is 13.1 Å². The van der Waals surface area contributed by atoms with Crippen molar-refractivity contribution in [2.45, 2.75) is 57.8 Å². The van der Waals surface area contributed by atoms with Crippen LogP contribution in [0.1, 0.15) is 51.6 Å². The molecule has 6 nitrogen and oxygen atoms in total. The minimum Gasteiger partial charge on any atom is -0.444 e. The highest BCUT2D eigenvalue weighted by atomic mass is 16.6. The number of benzene rings is 1. The number of fused-ring (bicyclic) bond motifs is 3. The molecule has 6 rings (SSSR count). The van der Waals surface area contributed by atoms with Gasteiger partial charge < -0.3 is 19.3 Å². The topological polar surface area (TPSA) is 67.6 Å². The molecular weight excluding hydrogens is 390 g/mol. The summed E-state index contributed by atoms with van der Waals surface area (Å²) in [5, 5.41) is 11.7. The van der Waals surface area contributed by atoms with Crippen molar-refractivity contribution >= 4 is 6.09 Å². The maximum absolute atomic E-state index is 12.7. The summed E-state index contributed by atoms with van der Waals surface area (Å²) < 4.78 is 7.89. The van der Waals surface area contributed by atoms with Crippen molar-refractivity contribution < 1.29 is 14.6 Å². The normalized spacial score (nSPS) is 35.6. The Balaban J connectivity index is 1.25. The van der Waals surface area contributed by atoms with Gasteiger partial charge in [-0.1, -0.05) is 24.3 Å². The van der Waals surface area contributed by atoms with Gasteiger partial charge in [-0.05, 0) is 57.4 Å². The number of carbonyl (C=O) groups excluding carboxylic acids is 1. The third-order valence-corrected chi connectivity index (χ3v) is 8.39. The van der Waals surface area contributed by atoms with Crippen LogP contribution in [0.5, 0.6) is 0 Å². The van der Waals surface area contributed by atoms with Gasteiger partial charge in [-0.3, -0.25) is 0 Å². The Morgan fingerprint density at radius 1 is 1.19 bits per heavy atom. The lowest BCUT2D eigenvalue weighted by Crippen LogP contribution is -2.65.